The van der Waals surface area contributed by atoms with Gasteiger partial charge in [-0.1, -0.05) is 0 Å². The molecule has 0 radical (unpaired) electrons. The van der Waals surface area contributed by atoms with Crippen LogP contribution in [0.1, 0.15) is 54.6 Å². The third-order valence-corrected chi connectivity index (χ3v) is 6.62. The van der Waals surface area contributed by atoms with E-state index in [2.05, 4.69) is 10.2 Å². The summed E-state index contributed by atoms with van der Waals surface area (Å²) in [5.74, 6) is -0.0937. The highest BCUT2D eigenvalue weighted by atomic mass is 16.3. The van der Waals surface area contributed by atoms with Crippen LogP contribution in [0.2, 0.25) is 0 Å². The van der Waals surface area contributed by atoms with Crippen molar-refractivity contribution in [3.05, 3.63) is 29.8 Å². The van der Waals surface area contributed by atoms with Crippen molar-refractivity contribution in [2.75, 3.05) is 12.3 Å². The lowest BCUT2D eigenvalue weighted by molar-refractivity contribution is -0.138. The van der Waals surface area contributed by atoms with Crippen LogP contribution in [0.25, 0.3) is 16.8 Å². The number of carbonyl (C=O) groups excluding carboxylic acids is 2. The van der Waals surface area contributed by atoms with Crippen LogP contribution in [-0.4, -0.2) is 64.8 Å². The van der Waals surface area contributed by atoms with Gasteiger partial charge in [-0.3, -0.25) is 14.3 Å². The van der Waals surface area contributed by atoms with Gasteiger partial charge in [0.05, 0.1) is 23.7 Å². The number of Topliss-reactive ketones (excluding diaryl/α,β-unsaturated/α-hetero) is 1. The molecule has 5 heterocycles. The summed E-state index contributed by atoms with van der Waals surface area (Å²) < 4.78 is 3.22. The maximum absolute atomic E-state index is 12.6. The normalized spacial score (nSPS) is 22.9. The van der Waals surface area contributed by atoms with Crippen molar-refractivity contribution < 1.29 is 14.7 Å². The van der Waals surface area contributed by atoms with E-state index >= 15 is 0 Å². The largest absolute Gasteiger partial charge is 0.387 e. The van der Waals surface area contributed by atoms with E-state index < -0.39 is 6.61 Å². The molecule has 0 spiro atoms. The third kappa shape index (κ3) is 3.01. The standard InChI is InChI=1S/C21H25N7O3/c1-11(30)18-19(12-5-14-3-4-15(6-12)27(14)17(31)10-29)25-21-16(8-24-28(21)20(18)22)13-7-23-26(2)9-13/h7-9,12,14-15,29H,3-6,10,22H2,1-2H3/t12-,14-,15+. The Morgan fingerprint density at radius 1 is 1.19 bits per heavy atom. The van der Waals surface area contributed by atoms with Crippen molar-refractivity contribution in [1.82, 2.24) is 29.3 Å². The SMILES string of the molecule is CC(=O)c1c([C@@H]2C[C@H]3CC[C@@H](C2)N3C(=O)CO)nc2c(-c3cnn(C)c3)cnn2c1N. The Labute approximate surface area is 178 Å². The molecule has 3 aromatic heterocycles. The van der Waals surface area contributed by atoms with E-state index in [-0.39, 0.29) is 35.5 Å². The minimum Gasteiger partial charge on any atom is -0.387 e. The Hall–Kier alpha value is -3.27. The zero-order chi connectivity index (χ0) is 21.9. The number of fused-ring (bicyclic) bond motifs is 3. The second kappa shape index (κ2) is 7.16. The van der Waals surface area contributed by atoms with Gasteiger partial charge in [-0.25, -0.2) is 4.98 Å². The van der Waals surface area contributed by atoms with Crippen LogP contribution in [0, 0.1) is 0 Å². The predicted octanol–water partition coefficient (Wildman–Crippen LogP) is 1.14. The number of nitrogens with two attached hydrogens (primary N) is 1. The third-order valence-electron chi connectivity index (χ3n) is 6.62. The van der Waals surface area contributed by atoms with E-state index in [1.165, 1.54) is 11.4 Å². The maximum atomic E-state index is 12.6. The number of rotatable bonds is 4. The number of nitrogen functional groups attached to an aromatic ring is 1. The van der Waals surface area contributed by atoms with Crippen LogP contribution in [0.15, 0.2) is 18.6 Å². The lowest BCUT2D eigenvalue weighted by Crippen LogP contribution is -2.47. The number of hydrogen-bond donors (Lipinski definition) is 2. The first kappa shape index (κ1) is 19.7. The summed E-state index contributed by atoms with van der Waals surface area (Å²) >= 11 is 0. The lowest BCUT2D eigenvalue weighted by atomic mass is 9.85. The molecular weight excluding hydrogens is 398 g/mol. The summed E-state index contributed by atoms with van der Waals surface area (Å²) in [6.07, 6.45) is 8.50. The summed E-state index contributed by atoms with van der Waals surface area (Å²) in [4.78, 5) is 31.5. The molecule has 0 aromatic carbocycles. The molecule has 5 rings (SSSR count). The Balaban J connectivity index is 1.62. The fourth-order valence-corrected chi connectivity index (χ4v) is 5.34. The number of aliphatic hydroxyl groups is 1. The number of ketones is 1. The molecule has 0 saturated carbocycles. The van der Waals surface area contributed by atoms with Crippen molar-refractivity contribution in [2.45, 2.75) is 50.6 Å². The number of hydrogen-bond acceptors (Lipinski definition) is 7. The number of aryl methyl sites for hydroxylation is 1. The first-order valence-electron chi connectivity index (χ1n) is 10.5. The highest BCUT2D eigenvalue weighted by Crippen LogP contribution is 2.44. The molecule has 0 unspecified atom stereocenters. The number of aromatic nitrogens is 5. The summed E-state index contributed by atoms with van der Waals surface area (Å²) in [6.45, 7) is 1.02. The van der Waals surface area contributed by atoms with Gasteiger partial charge in [0.1, 0.15) is 12.4 Å². The second-order valence-electron chi connectivity index (χ2n) is 8.52. The molecular formula is C21H25N7O3. The number of nitrogens with zero attached hydrogens (tertiary/aromatic N) is 6. The van der Waals surface area contributed by atoms with Gasteiger partial charge < -0.3 is 15.7 Å². The fourth-order valence-electron chi connectivity index (χ4n) is 5.34. The molecule has 2 aliphatic rings. The number of anilines is 1. The lowest BCUT2D eigenvalue weighted by Gasteiger charge is -2.39. The Morgan fingerprint density at radius 2 is 1.90 bits per heavy atom. The van der Waals surface area contributed by atoms with Crippen LogP contribution in [0.5, 0.6) is 0 Å². The number of carbonyl (C=O) groups is 2. The van der Waals surface area contributed by atoms with Gasteiger partial charge in [-0.05, 0) is 32.6 Å². The summed E-state index contributed by atoms with van der Waals surface area (Å²) in [5, 5.41) is 18.0. The van der Waals surface area contributed by atoms with Gasteiger partial charge in [0.2, 0.25) is 5.91 Å². The Bertz CT molecular complexity index is 1180. The Kier molecular flexibility index (Phi) is 4.54. The van der Waals surface area contributed by atoms with E-state index in [4.69, 9.17) is 10.7 Å². The van der Waals surface area contributed by atoms with Crippen molar-refractivity contribution >= 4 is 23.2 Å². The highest BCUT2D eigenvalue weighted by molar-refractivity contribution is 6.00. The summed E-state index contributed by atoms with van der Waals surface area (Å²) in [7, 11) is 1.84. The van der Waals surface area contributed by atoms with Crippen LogP contribution < -0.4 is 5.73 Å². The van der Waals surface area contributed by atoms with Gasteiger partial charge in [-0.2, -0.15) is 14.7 Å². The number of amides is 1. The quantitative estimate of drug-likeness (QED) is 0.602. The van der Waals surface area contributed by atoms with Crippen molar-refractivity contribution in [2.24, 2.45) is 7.05 Å². The van der Waals surface area contributed by atoms with Gasteiger partial charge in [0.15, 0.2) is 11.4 Å². The zero-order valence-electron chi connectivity index (χ0n) is 17.5. The van der Waals surface area contributed by atoms with E-state index in [1.54, 1.807) is 17.1 Å². The number of aliphatic hydroxyl groups excluding tert-OH is 1. The molecule has 3 N–H and O–H groups in total. The van der Waals surface area contributed by atoms with Gasteiger partial charge in [-0.15, -0.1) is 0 Å². The molecule has 162 valence electrons. The van der Waals surface area contributed by atoms with Gasteiger partial charge >= 0.3 is 0 Å². The molecule has 31 heavy (non-hydrogen) atoms. The monoisotopic (exact) mass is 423 g/mol. The molecule has 2 aliphatic heterocycles. The van der Waals surface area contributed by atoms with Crippen molar-refractivity contribution in [1.29, 1.82) is 0 Å². The van der Waals surface area contributed by atoms with E-state index in [1.807, 2.05) is 18.1 Å². The van der Waals surface area contributed by atoms with Crippen LogP contribution >= 0.6 is 0 Å². The first-order valence-corrected chi connectivity index (χ1v) is 10.5. The molecule has 2 fully saturated rings. The van der Waals surface area contributed by atoms with E-state index in [0.29, 0.717) is 29.7 Å². The fraction of sp³-hybridized carbons (Fsp3) is 0.476. The average molecular weight is 423 g/mol. The van der Waals surface area contributed by atoms with E-state index in [9.17, 15) is 14.7 Å². The zero-order valence-corrected chi connectivity index (χ0v) is 17.5. The predicted molar refractivity (Wildman–Crippen MR) is 112 cm³/mol. The summed E-state index contributed by atoms with van der Waals surface area (Å²) in [6, 6.07) is 0.0929. The minimum absolute atomic E-state index is 0.00286. The molecule has 2 bridgehead atoms. The van der Waals surface area contributed by atoms with Crippen molar-refractivity contribution in [3.8, 4) is 11.1 Å². The van der Waals surface area contributed by atoms with Gasteiger partial charge in [0.25, 0.3) is 0 Å². The second-order valence-corrected chi connectivity index (χ2v) is 8.52. The maximum Gasteiger partial charge on any atom is 0.248 e. The van der Waals surface area contributed by atoms with Crippen LogP contribution in [0.3, 0.4) is 0 Å². The van der Waals surface area contributed by atoms with Crippen LogP contribution in [-0.2, 0) is 11.8 Å². The molecule has 1 amide bonds. The summed E-state index contributed by atoms with van der Waals surface area (Å²) in [5.41, 5.74) is 9.76. The smallest absolute Gasteiger partial charge is 0.248 e. The van der Waals surface area contributed by atoms with Gasteiger partial charge in [0, 0.05) is 42.4 Å². The minimum atomic E-state index is -0.474. The average Bonchev–Trinajstić information content (AvgIpc) is 3.42. The molecule has 0 aliphatic carbocycles. The van der Waals surface area contributed by atoms with Crippen LogP contribution in [0.4, 0.5) is 5.82 Å². The molecule has 10 heteroatoms. The highest BCUT2D eigenvalue weighted by Gasteiger charge is 2.44. The molecule has 10 nitrogen and oxygen atoms in total. The Morgan fingerprint density at radius 3 is 2.48 bits per heavy atom. The molecule has 3 atom stereocenters. The van der Waals surface area contributed by atoms with E-state index in [0.717, 1.165) is 24.0 Å². The first-order chi connectivity index (χ1) is 14.9. The van der Waals surface area contributed by atoms with Crippen molar-refractivity contribution in [3.63, 3.8) is 0 Å². The number of piperidine rings is 1. The molecule has 3 aromatic rings. The topological polar surface area (TPSA) is 132 Å². The molecule has 2 saturated heterocycles.